The van der Waals surface area contributed by atoms with Gasteiger partial charge in [0, 0.05) is 23.0 Å². The Labute approximate surface area is 213 Å². The molecule has 0 heterocycles. The van der Waals surface area contributed by atoms with E-state index in [2.05, 4.69) is 26.3 Å². The van der Waals surface area contributed by atoms with Crippen LogP contribution < -0.4 is 0 Å². The van der Waals surface area contributed by atoms with Crippen LogP contribution in [0.4, 0.5) is 0 Å². The Balaban J connectivity index is 0.000000360. The molecule has 0 saturated carbocycles. The monoisotopic (exact) mass is 480 g/mol. The van der Waals surface area contributed by atoms with Crippen LogP contribution in [0.25, 0.3) is 12.2 Å². The van der Waals surface area contributed by atoms with Crippen molar-refractivity contribution in [3.05, 3.63) is 158 Å². The average Bonchev–Trinajstić information content (AvgIpc) is 2.89. The molecule has 2 atom stereocenters. The predicted molar refractivity (Wildman–Crippen MR) is 150 cm³/mol. The lowest BCUT2D eigenvalue weighted by Crippen LogP contribution is -2.07. The zero-order valence-corrected chi connectivity index (χ0v) is 20.2. The van der Waals surface area contributed by atoms with Crippen molar-refractivity contribution in [3.8, 4) is 0 Å². The molecule has 0 fully saturated rings. The third-order valence-corrected chi connectivity index (χ3v) is 4.85. The van der Waals surface area contributed by atoms with E-state index >= 15 is 0 Å². The quantitative estimate of drug-likeness (QED) is 0.245. The Morgan fingerprint density at radius 2 is 0.944 bits per heavy atom. The van der Waals surface area contributed by atoms with Crippen LogP contribution in [-0.4, -0.2) is 22.2 Å². The van der Waals surface area contributed by atoms with Gasteiger partial charge in [0.15, 0.2) is 0 Å². The van der Waals surface area contributed by atoms with E-state index in [4.69, 9.17) is 10.2 Å². The first-order valence-corrected chi connectivity index (χ1v) is 11.2. The summed E-state index contributed by atoms with van der Waals surface area (Å²) in [5.41, 5.74) is 2.32. The molecule has 0 radical (unpaired) electrons. The van der Waals surface area contributed by atoms with Crippen LogP contribution in [0.1, 0.15) is 11.1 Å². The first-order chi connectivity index (χ1) is 17.3. The number of carbonyl (C=O) groups is 2. The highest BCUT2D eigenvalue weighted by Crippen LogP contribution is 2.16. The summed E-state index contributed by atoms with van der Waals surface area (Å²) in [6, 6.07) is 19.4. The second-order valence-corrected chi connectivity index (χ2v) is 7.49. The highest BCUT2D eigenvalue weighted by Gasteiger charge is 2.13. The number of allylic oxidation sites excluding steroid dienone is 8. The maximum Gasteiger partial charge on any atom is 0.331 e. The van der Waals surface area contributed by atoms with E-state index in [0.717, 1.165) is 11.1 Å². The fraction of sp³-hybridized carbons (Fsp3) is 0.0625. The van der Waals surface area contributed by atoms with Gasteiger partial charge in [-0.1, -0.05) is 148 Å². The van der Waals surface area contributed by atoms with Crippen LogP contribution in [0, 0.1) is 11.8 Å². The van der Waals surface area contributed by atoms with E-state index in [1.54, 1.807) is 36.5 Å². The topological polar surface area (TPSA) is 74.6 Å². The van der Waals surface area contributed by atoms with E-state index in [1.165, 1.54) is 0 Å². The fourth-order valence-electron chi connectivity index (χ4n) is 2.83. The number of benzene rings is 2. The lowest BCUT2D eigenvalue weighted by Gasteiger charge is -2.07. The van der Waals surface area contributed by atoms with E-state index in [9.17, 15) is 9.59 Å². The second kappa shape index (κ2) is 16.8. The third kappa shape index (κ3) is 11.4. The first-order valence-electron chi connectivity index (χ1n) is 11.2. The molecule has 2 N–H and O–H groups in total. The van der Waals surface area contributed by atoms with E-state index in [0.29, 0.717) is 0 Å². The van der Waals surface area contributed by atoms with Gasteiger partial charge in [0.25, 0.3) is 0 Å². The summed E-state index contributed by atoms with van der Waals surface area (Å²) in [4.78, 5) is 21.8. The number of hydrogen-bond donors (Lipinski definition) is 2. The predicted octanol–water partition coefficient (Wildman–Crippen LogP) is 7.40. The Morgan fingerprint density at radius 3 is 1.22 bits per heavy atom. The molecule has 4 nitrogen and oxygen atoms in total. The largest absolute Gasteiger partial charge is 0.478 e. The second-order valence-electron chi connectivity index (χ2n) is 7.49. The summed E-state index contributed by atoms with van der Waals surface area (Å²) in [6.45, 7) is 14.3. The number of aliphatic carboxylic acids is 2. The van der Waals surface area contributed by atoms with Crippen molar-refractivity contribution < 1.29 is 19.8 Å². The van der Waals surface area contributed by atoms with Crippen LogP contribution in [-0.2, 0) is 9.59 Å². The van der Waals surface area contributed by atoms with Crippen molar-refractivity contribution in [2.75, 3.05) is 0 Å². The van der Waals surface area contributed by atoms with Crippen molar-refractivity contribution in [1.29, 1.82) is 0 Å². The zero-order chi connectivity index (χ0) is 26.8. The molecule has 0 bridgehead atoms. The van der Waals surface area contributed by atoms with Crippen molar-refractivity contribution >= 4 is 24.1 Å². The van der Waals surface area contributed by atoms with Gasteiger partial charge in [0.05, 0.1) is 0 Å². The third-order valence-electron chi connectivity index (χ3n) is 4.85. The van der Waals surface area contributed by atoms with Crippen LogP contribution in [0.3, 0.4) is 0 Å². The van der Waals surface area contributed by atoms with Crippen LogP contribution in [0.15, 0.2) is 147 Å². The molecule has 2 aromatic rings. The van der Waals surface area contributed by atoms with Gasteiger partial charge in [-0.15, -0.1) is 0 Å². The minimum atomic E-state index is -0.994. The van der Waals surface area contributed by atoms with Crippen molar-refractivity contribution in [2.45, 2.75) is 0 Å². The summed E-state index contributed by atoms with van der Waals surface area (Å²) < 4.78 is 0. The van der Waals surface area contributed by atoms with Gasteiger partial charge in [-0.2, -0.15) is 0 Å². The van der Waals surface area contributed by atoms with Gasteiger partial charge < -0.3 is 10.2 Å². The SMILES string of the molecule is C=CC=CC(C=Cc1ccccc1)C(=C)C(=O)O.C=CC=CC(C=Cc1ccccc1)C(=C)C(=O)O. The molecular weight excluding hydrogens is 448 g/mol. The number of carboxylic acid groups (broad SMARTS) is 2. The summed E-state index contributed by atoms with van der Waals surface area (Å²) in [6.07, 6.45) is 17.5. The molecule has 0 aromatic heterocycles. The minimum Gasteiger partial charge on any atom is -0.478 e. The lowest BCUT2D eigenvalue weighted by atomic mass is 9.98. The van der Waals surface area contributed by atoms with Crippen molar-refractivity contribution in [2.24, 2.45) is 11.8 Å². The van der Waals surface area contributed by atoms with Gasteiger partial charge in [-0.25, -0.2) is 9.59 Å². The van der Waals surface area contributed by atoms with Crippen molar-refractivity contribution in [3.63, 3.8) is 0 Å². The van der Waals surface area contributed by atoms with Gasteiger partial charge in [-0.05, 0) is 11.1 Å². The maximum atomic E-state index is 10.9. The van der Waals surface area contributed by atoms with Gasteiger partial charge in [-0.3, -0.25) is 0 Å². The van der Waals surface area contributed by atoms with Gasteiger partial charge in [0.2, 0.25) is 0 Å². The lowest BCUT2D eigenvalue weighted by molar-refractivity contribution is -0.133. The Hall–Kier alpha value is -4.70. The number of hydrogen-bond acceptors (Lipinski definition) is 2. The Bertz CT molecular complexity index is 1060. The van der Waals surface area contributed by atoms with Crippen LogP contribution >= 0.6 is 0 Å². The molecule has 2 rings (SSSR count). The molecule has 0 aliphatic rings. The first kappa shape index (κ1) is 29.3. The normalized spacial score (nSPS) is 12.7. The number of carboxylic acids is 2. The molecule has 0 saturated heterocycles. The zero-order valence-electron chi connectivity index (χ0n) is 20.2. The van der Waals surface area contributed by atoms with Crippen LogP contribution in [0.5, 0.6) is 0 Å². The summed E-state index contributed by atoms with van der Waals surface area (Å²) in [5, 5.41) is 17.9. The highest BCUT2D eigenvalue weighted by atomic mass is 16.4. The molecule has 0 aliphatic heterocycles. The Morgan fingerprint density at radius 1 is 0.611 bits per heavy atom. The molecule has 184 valence electrons. The van der Waals surface area contributed by atoms with Gasteiger partial charge >= 0.3 is 11.9 Å². The molecule has 2 aromatic carbocycles. The summed E-state index contributed by atoms with van der Waals surface area (Å²) in [7, 11) is 0. The number of rotatable bonds is 12. The standard InChI is InChI=1S/2C16H16O2/c2*1-3-4-10-15(13(2)16(17)18)12-11-14-8-6-5-7-9-14/h2*3-12,15H,1-2H2,(H,17,18). The molecule has 4 heteroatoms. The smallest absolute Gasteiger partial charge is 0.331 e. The summed E-state index contributed by atoms with van der Waals surface area (Å²) >= 11 is 0. The average molecular weight is 481 g/mol. The Kier molecular flexibility index (Phi) is 13.7. The highest BCUT2D eigenvalue weighted by molar-refractivity contribution is 5.88. The van der Waals surface area contributed by atoms with Gasteiger partial charge in [0.1, 0.15) is 0 Å². The van der Waals surface area contributed by atoms with Crippen LogP contribution in [0.2, 0.25) is 0 Å². The minimum absolute atomic E-state index is 0.139. The molecule has 36 heavy (non-hydrogen) atoms. The molecular formula is C32H32O4. The van der Waals surface area contributed by atoms with E-state index in [1.807, 2.05) is 85.0 Å². The molecule has 0 amide bonds. The van der Waals surface area contributed by atoms with E-state index < -0.39 is 11.9 Å². The molecule has 0 spiro atoms. The molecule has 2 unspecified atom stereocenters. The van der Waals surface area contributed by atoms with E-state index in [-0.39, 0.29) is 23.0 Å². The summed E-state index contributed by atoms with van der Waals surface area (Å²) in [5.74, 6) is -2.65. The fourth-order valence-corrected chi connectivity index (χ4v) is 2.83. The maximum absolute atomic E-state index is 10.9. The van der Waals surface area contributed by atoms with Crippen molar-refractivity contribution in [1.82, 2.24) is 0 Å². The molecule has 0 aliphatic carbocycles.